The van der Waals surface area contributed by atoms with Crippen molar-refractivity contribution in [2.24, 2.45) is 0 Å². The van der Waals surface area contributed by atoms with Crippen molar-refractivity contribution in [3.8, 4) is 11.5 Å². The second-order valence-electron chi connectivity index (χ2n) is 5.08. The number of hydrogen-bond acceptors (Lipinski definition) is 5. The Balaban J connectivity index is 1.73. The number of fused-ring (bicyclic) bond motifs is 1. The first kappa shape index (κ1) is 12.7. The van der Waals surface area contributed by atoms with Gasteiger partial charge in [0.25, 0.3) is 0 Å². The van der Waals surface area contributed by atoms with Gasteiger partial charge in [-0.05, 0) is 24.6 Å². The van der Waals surface area contributed by atoms with Crippen LogP contribution in [0.25, 0.3) is 0 Å². The van der Waals surface area contributed by atoms with Crippen LogP contribution >= 0.6 is 0 Å². The molecule has 1 aromatic carbocycles. The molecule has 19 heavy (non-hydrogen) atoms. The van der Waals surface area contributed by atoms with Crippen molar-refractivity contribution in [3.63, 3.8) is 0 Å². The first-order chi connectivity index (χ1) is 9.25. The molecule has 3 rings (SSSR count). The Morgan fingerprint density at radius 2 is 1.95 bits per heavy atom. The molecule has 2 unspecified atom stereocenters. The maximum atomic E-state index is 10.5. The van der Waals surface area contributed by atoms with Gasteiger partial charge in [-0.15, -0.1) is 0 Å². The van der Waals surface area contributed by atoms with E-state index < -0.39 is 6.10 Å². The summed E-state index contributed by atoms with van der Waals surface area (Å²) in [5.74, 6) is 1.48. The molecule has 2 aliphatic heterocycles. The minimum absolute atomic E-state index is 0.0995. The van der Waals surface area contributed by atoms with Gasteiger partial charge in [-0.1, -0.05) is 6.07 Å². The zero-order chi connectivity index (χ0) is 13.2. The summed E-state index contributed by atoms with van der Waals surface area (Å²) in [5, 5.41) is 13.8. The Kier molecular flexibility index (Phi) is 3.59. The van der Waals surface area contributed by atoms with E-state index in [1.54, 1.807) is 0 Å². The van der Waals surface area contributed by atoms with Gasteiger partial charge in [0.2, 0.25) is 6.79 Å². The van der Waals surface area contributed by atoms with Gasteiger partial charge in [-0.25, -0.2) is 0 Å². The first-order valence-corrected chi connectivity index (χ1v) is 6.78. The van der Waals surface area contributed by atoms with Crippen LogP contribution in [-0.4, -0.2) is 49.0 Å². The lowest BCUT2D eigenvalue weighted by Gasteiger charge is -2.35. The summed E-state index contributed by atoms with van der Waals surface area (Å²) in [5.41, 5.74) is 0.885. The van der Waals surface area contributed by atoms with Crippen LogP contribution in [0, 0.1) is 0 Å². The predicted molar refractivity (Wildman–Crippen MR) is 71.4 cm³/mol. The number of nitrogens with one attached hydrogen (secondary N) is 1. The van der Waals surface area contributed by atoms with Crippen molar-refractivity contribution in [2.45, 2.75) is 19.1 Å². The van der Waals surface area contributed by atoms with Crippen LogP contribution in [-0.2, 0) is 0 Å². The minimum Gasteiger partial charge on any atom is -0.454 e. The van der Waals surface area contributed by atoms with Gasteiger partial charge >= 0.3 is 0 Å². The van der Waals surface area contributed by atoms with Crippen molar-refractivity contribution in [1.29, 1.82) is 0 Å². The van der Waals surface area contributed by atoms with E-state index >= 15 is 0 Å². The summed E-state index contributed by atoms with van der Waals surface area (Å²) in [6, 6.07) is 5.76. The summed E-state index contributed by atoms with van der Waals surface area (Å²) in [4.78, 5) is 2.31. The second-order valence-corrected chi connectivity index (χ2v) is 5.08. The molecule has 0 spiro atoms. The van der Waals surface area contributed by atoms with Gasteiger partial charge in [-0.3, -0.25) is 4.90 Å². The number of ether oxygens (including phenoxy) is 2. The molecule has 1 fully saturated rings. The van der Waals surface area contributed by atoms with Gasteiger partial charge in [0, 0.05) is 32.2 Å². The molecule has 0 aromatic heterocycles. The molecule has 5 heteroatoms. The lowest BCUT2D eigenvalue weighted by molar-refractivity contribution is 0.0509. The van der Waals surface area contributed by atoms with Crippen molar-refractivity contribution in [1.82, 2.24) is 10.2 Å². The van der Waals surface area contributed by atoms with E-state index in [0.717, 1.165) is 43.2 Å². The molecule has 2 heterocycles. The quantitative estimate of drug-likeness (QED) is 0.843. The summed E-state index contributed by atoms with van der Waals surface area (Å²) < 4.78 is 10.6. The number of piperazine rings is 1. The average Bonchev–Trinajstić information content (AvgIpc) is 2.94. The number of aliphatic hydroxyl groups excluding tert-OH is 1. The van der Waals surface area contributed by atoms with Crippen LogP contribution in [0.1, 0.15) is 18.6 Å². The standard InChI is InChI=1S/C14H20N2O3/c1-10(16-6-4-15-5-7-16)14(17)11-2-3-12-13(8-11)19-9-18-12/h2-3,8,10,14-15,17H,4-7,9H2,1H3. The van der Waals surface area contributed by atoms with Crippen LogP contribution in [0.5, 0.6) is 11.5 Å². The minimum atomic E-state index is -0.507. The van der Waals surface area contributed by atoms with Crippen molar-refractivity contribution in [3.05, 3.63) is 23.8 Å². The summed E-state index contributed by atoms with van der Waals surface area (Å²) in [6.45, 7) is 6.25. The molecule has 2 N–H and O–H groups in total. The maximum Gasteiger partial charge on any atom is 0.231 e. The molecule has 1 saturated heterocycles. The Labute approximate surface area is 113 Å². The molecule has 104 valence electrons. The monoisotopic (exact) mass is 264 g/mol. The highest BCUT2D eigenvalue weighted by molar-refractivity contribution is 5.45. The van der Waals surface area contributed by atoms with E-state index in [1.165, 1.54) is 0 Å². The zero-order valence-electron chi connectivity index (χ0n) is 11.1. The second kappa shape index (κ2) is 5.36. The van der Waals surface area contributed by atoms with E-state index in [-0.39, 0.29) is 12.8 Å². The highest BCUT2D eigenvalue weighted by atomic mass is 16.7. The van der Waals surface area contributed by atoms with Gasteiger partial charge in [0.05, 0.1) is 6.10 Å². The molecule has 0 saturated carbocycles. The Hall–Kier alpha value is -1.30. The Bertz CT molecular complexity index is 446. The molecule has 0 amide bonds. The van der Waals surface area contributed by atoms with Gasteiger partial charge < -0.3 is 19.9 Å². The first-order valence-electron chi connectivity index (χ1n) is 6.78. The third-order valence-corrected chi connectivity index (χ3v) is 3.92. The van der Waals surface area contributed by atoms with Crippen LogP contribution in [0.4, 0.5) is 0 Å². The molecule has 1 aromatic rings. The van der Waals surface area contributed by atoms with Crippen LogP contribution in [0.3, 0.4) is 0 Å². The summed E-state index contributed by atoms with van der Waals surface area (Å²) in [7, 11) is 0. The molecule has 5 nitrogen and oxygen atoms in total. The average molecular weight is 264 g/mol. The third-order valence-electron chi connectivity index (χ3n) is 3.92. The molecule has 2 aliphatic rings. The van der Waals surface area contributed by atoms with Crippen molar-refractivity contribution < 1.29 is 14.6 Å². The van der Waals surface area contributed by atoms with E-state index in [1.807, 2.05) is 18.2 Å². The normalized spacial score (nSPS) is 22.2. The highest BCUT2D eigenvalue weighted by Gasteiger charge is 2.25. The molecule has 0 aliphatic carbocycles. The topological polar surface area (TPSA) is 54.0 Å². The van der Waals surface area contributed by atoms with Crippen LogP contribution in [0.2, 0.25) is 0 Å². The molecule has 0 bridgehead atoms. The van der Waals surface area contributed by atoms with E-state index in [2.05, 4.69) is 17.1 Å². The van der Waals surface area contributed by atoms with Crippen LogP contribution < -0.4 is 14.8 Å². The Morgan fingerprint density at radius 1 is 1.21 bits per heavy atom. The van der Waals surface area contributed by atoms with Gasteiger partial charge in [-0.2, -0.15) is 0 Å². The highest BCUT2D eigenvalue weighted by Crippen LogP contribution is 2.35. The van der Waals surface area contributed by atoms with Crippen molar-refractivity contribution in [2.75, 3.05) is 33.0 Å². The lowest BCUT2D eigenvalue weighted by Crippen LogP contribution is -2.49. The Morgan fingerprint density at radius 3 is 2.74 bits per heavy atom. The zero-order valence-corrected chi connectivity index (χ0v) is 11.1. The molecule has 0 radical (unpaired) electrons. The van der Waals surface area contributed by atoms with Gasteiger partial charge in [0.1, 0.15) is 0 Å². The number of aliphatic hydroxyl groups is 1. The molecular formula is C14H20N2O3. The van der Waals surface area contributed by atoms with E-state index in [9.17, 15) is 5.11 Å². The third kappa shape index (κ3) is 2.54. The van der Waals surface area contributed by atoms with Gasteiger partial charge in [0.15, 0.2) is 11.5 Å². The number of nitrogens with zero attached hydrogens (tertiary/aromatic N) is 1. The van der Waals surface area contributed by atoms with Crippen LogP contribution in [0.15, 0.2) is 18.2 Å². The SMILES string of the molecule is CC(C(O)c1ccc2c(c1)OCO2)N1CCNCC1. The number of rotatable bonds is 3. The predicted octanol–water partition coefficient (Wildman–Crippen LogP) is 0.742. The number of hydrogen-bond donors (Lipinski definition) is 2. The fourth-order valence-corrected chi connectivity index (χ4v) is 2.66. The smallest absolute Gasteiger partial charge is 0.231 e. The maximum absolute atomic E-state index is 10.5. The van der Waals surface area contributed by atoms with Crippen molar-refractivity contribution >= 4 is 0 Å². The van der Waals surface area contributed by atoms with E-state index in [4.69, 9.17) is 9.47 Å². The molecule has 2 atom stereocenters. The fourth-order valence-electron chi connectivity index (χ4n) is 2.66. The summed E-state index contributed by atoms with van der Waals surface area (Å²) in [6.07, 6.45) is -0.507. The summed E-state index contributed by atoms with van der Waals surface area (Å²) >= 11 is 0. The largest absolute Gasteiger partial charge is 0.454 e. The number of benzene rings is 1. The fraction of sp³-hybridized carbons (Fsp3) is 0.571. The lowest BCUT2D eigenvalue weighted by atomic mass is 10.0. The van der Waals surface area contributed by atoms with E-state index in [0.29, 0.717) is 0 Å². The molecular weight excluding hydrogens is 244 g/mol.